The van der Waals surface area contributed by atoms with Gasteiger partial charge in [0.1, 0.15) is 0 Å². The van der Waals surface area contributed by atoms with E-state index < -0.39 is 17.5 Å². The van der Waals surface area contributed by atoms with Gasteiger partial charge < -0.3 is 10.8 Å². The molecule has 0 aliphatic heterocycles. The van der Waals surface area contributed by atoms with Crippen LogP contribution in [0.3, 0.4) is 0 Å². The van der Waals surface area contributed by atoms with E-state index in [0.717, 1.165) is 0 Å². The largest absolute Gasteiger partial charge is 0.493 e. The van der Waals surface area contributed by atoms with E-state index in [9.17, 15) is 9.59 Å². The van der Waals surface area contributed by atoms with Gasteiger partial charge >= 0.3 is 5.69 Å². The second kappa shape index (κ2) is 1.90. The van der Waals surface area contributed by atoms with Crippen molar-refractivity contribution in [2.45, 2.75) is 0 Å². The van der Waals surface area contributed by atoms with Crippen molar-refractivity contribution in [3.8, 4) is 5.88 Å². The van der Waals surface area contributed by atoms with Crippen molar-refractivity contribution in [2.24, 2.45) is 5.73 Å². The van der Waals surface area contributed by atoms with Crippen LogP contribution in [0.4, 0.5) is 0 Å². The molecular formula is C4H5N3O3. The molecule has 0 fully saturated rings. The molecule has 0 atom stereocenters. The van der Waals surface area contributed by atoms with Crippen LogP contribution in [0.1, 0.15) is 10.5 Å². The number of nitrogens with two attached hydrogens (primary N) is 1. The van der Waals surface area contributed by atoms with Gasteiger partial charge in [-0.2, -0.15) is 0 Å². The van der Waals surface area contributed by atoms with Gasteiger partial charge in [0.2, 0.25) is 5.88 Å². The average Bonchev–Trinajstić information content (AvgIpc) is 2.10. The third-order valence-corrected chi connectivity index (χ3v) is 0.954. The average molecular weight is 143 g/mol. The first-order chi connectivity index (χ1) is 4.61. The molecule has 1 aromatic heterocycles. The molecule has 10 heavy (non-hydrogen) atoms. The minimum Gasteiger partial charge on any atom is -0.493 e. The molecule has 6 heteroatoms. The zero-order valence-corrected chi connectivity index (χ0v) is 4.84. The van der Waals surface area contributed by atoms with Crippen LogP contribution in [0.25, 0.3) is 0 Å². The monoisotopic (exact) mass is 143 g/mol. The van der Waals surface area contributed by atoms with Crippen molar-refractivity contribution in [3.63, 3.8) is 0 Å². The highest BCUT2D eigenvalue weighted by atomic mass is 16.3. The fraction of sp³-hybridized carbons (Fsp3) is 0. The fourth-order valence-electron chi connectivity index (χ4n) is 0.552. The molecule has 0 radical (unpaired) electrons. The summed E-state index contributed by atoms with van der Waals surface area (Å²) < 4.78 is 0. The quantitative estimate of drug-likeness (QED) is 0.384. The summed E-state index contributed by atoms with van der Waals surface area (Å²) in [6.07, 6.45) is 0. The maximum Gasteiger partial charge on any atom is 0.326 e. The summed E-state index contributed by atoms with van der Waals surface area (Å²) >= 11 is 0. The number of aromatic amines is 2. The van der Waals surface area contributed by atoms with Crippen molar-refractivity contribution < 1.29 is 9.90 Å². The van der Waals surface area contributed by atoms with E-state index in [1.54, 1.807) is 0 Å². The molecule has 1 heterocycles. The lowest BCUT2D eigenvalue weighted by molar-refractivity contribution is 0.0993. The Bertz CT molecular complexity index is 310. The standard InChI is InChI=1S/C4H5N3O3/c5-2(8)1-3(9)7-4(10)6-1/h9H,(H2,5,8)(H2,6,7,10). The van der Waals surface area contributed by atoms with Crippen molar-refractivity contribution >= 4 is 5.91 Å². The predicted octanol–water partition coefficient (Wildman–Crippen LogP) is -1.49. The summed E-state index contributed by atoms with van der Waals surface area (Å²) in [5.74, 6) is -1.41. The molecule has 1 rings (SSSR count). The first-order valence-electron chi connectivity index (χ1n) is 2.42. The van der Waals surface area contributed by atoms with Gasteiger partial charge in [-0.1, -0.05) is 0 Å². The van der Waals surface area contributed by atoms with Gasteiger partial charge in [0.15, 0.2) is 5.69 Å². The molecule has 6 nitrogen and oxygen atoms in total. The van der Waals surface area contributed by atoms with Crippen molar-refractivity contribution in [2.75, 3.05) is 0 Å². The van der Waals surface area contributed by atoms with Crippen molar-refractivity contribution in [3.05, 3.63) is 16.2 Å². The van der Waals surface area contributed by atoms with Gasteiger partial charge in [0.25, 0.3) is 5.91 Å². The van der Waals surface area contributed by atoms with E-state index in [2.05, 4.69) is 0 Å². The Balaban J connectivity index is 3.28. The molecule has 5 N–H and O–H groups in total. The molecule has 1 aromatic rings. The second-order valence-electron chi connectivity index (χ2n) is 1.67. The summed E-state index contributed by atoms with van der Waals surface area (Å²) in [7, 11) is 0. The van der Waals surface area contributed by atoms with E-state index in [4.69, 9.17) is 10.8 Å². The molecule has 0 aliphatic rings. The van der Waals surface area contributed by atoms with Gasteiger partial charge in [-0.3, -0.25) is 14.8 Å². The SMILES string of the molecule is NC(=O)c1[nH]c(=O)[nH]c1O. The van der Waals surface area contributed by atoms with Gasteiger partial charge in [0.05, 0.1) is 0 Å². The summed E-state index contributed by atoms with van der Waals surface area (Å²) in [6.45, 7) is 0. The van der Waals surface area contributed by atoms with Crippen LogP contribution in [0.5, 0.6) is 5.88 Å². The zero-order valence-electron chi connectivity index (χ0n) is 4.84. The first kappa shape index (κ1) is 6.40. The number of hydrogen-bond acceptors (Lipinski definition) is 3. The van der Waals surface area contributed by atoms with Crippen LogP contribution < -0.4 is 11.4 Å². The lowest BCUT2D eigenvalue weighted by atomic mass is 10.4. The third-order valence-electron chi connectivity index (χ3n) is 0.954. The van der Waals surface area contributed by atoms with Crippen LogP contribution in [0.15, 0.2) is 4.79 Å². The van der Waals surface area contributed by atoms with E-state index in [1.165, 1.54) is 0 Å². The van der Waals surface area contributed by atoms with Crippen LogP contribution in [-0.2, 0) is 0 Å². The van der Waals surface area contributed by atoms with Gasteiger partial charge in [0, 0.05) is 0 Å². The van der Waals surface area contributed by atoms with Crippen LogP contribution in [0, 0.1) is 0 Å². The second-order valence-corrected chi connectivity index (χ2v) is 1.67. The number of carbonyl (C=O) groups excluding carboxylic acids is 1. The molecule has 0 saturated heterocycles. The normalized spacial score (nSPS) is 9.60. The number of carbonyl (C=O) groups is 1. The maximum absolute atomic E-state index is 10.3. The summed E-state index contributed by atoms with van der Waals surface area (Å²) in [6, 6.07) is 0. The topological polar surface area (TPSA) is 112 Å². The minimum absolute atomic E-state index is 0.301. The fourth-order valence-corrected chi connectivity index (χ4v) is 0.552. The third kappa shape index (κ3) is 0.859. The Kier molecular flexibility index (Phi) is 1.22. The van der Waals surface area contributed by atoms with Crippen molar-refractivity contribution in [1.29, 1.82) is 0 Å². The molecule has 0 saturated carbocycles. The number of imidazole rings is 1. The number of aromatic hydroxyl groups is 1. The number of nitrogens with one attached hydrogen (secondary N) is 2. The molecule has 1 amide bonds. The molecule has 0 bridgehead atoms. The van der Waals surface area contributed by atoms with Gasteiger partial charge in [-0.05, 0) is 0 Å². The number of primary amides is 1. The van der Waals surface area contributed by atoms with E-state index >= 15 is 0 Å². The Morgan fingerprint density at radius 2 is 2.10 bits per heavy atom. The lowest BCUT2D eigenvalue weighted by Gasteiger charge is -1.86. The highest BCUT2D eigenvalue weighted by Crippen LogP contribution is 2.04. The first-order valence-corrected chi connectivity index (χ1v) is 2.42. The highest BCUT2D eigenvalue weighted by molar-refractivity contribution is 5.92. The maximum atomic E-state index is 10.3. The predicted molar refractivity (Wildman–Crippen MR) is 31.6 cm³/mol. The molecule has 0 unspecified atom stereocenters. The number of H-pyrrole nitrogens is 2. The number of aromatic nitrogens is 2. The summed E-state index contributed by atoms with van der Waals surface area (Å²) in [5.41, 5.74) is 3.78. The number of rotatable bonds is 1. The molecular weight excluding hydrogens is 138 g/mol. The smallest absolute Gasteiger partial charge is 0.326 e. The summed E-state index contributed by atoms with van der Waals surface area (Å²) in [4.78, 5) is 24.6. The highest BCUT2D eigenvalue weighted by Gasteiger charge is 2.09. The van der Waals surface area contributed by atoms with E-state index in [-0.39, 0.29) is 5.69 Å². The Morgan fingerprint density at radius 3 is 2.30 bits per heavy atom. The van der Waals surface area contributed by atoms with Crippen LogP contribution in [-0.4, -0.2) is 21.0 Å². The Hall–Kier alpha value is -1.72. The molecule has 0 spiro atoms. The molecule has 54 valence electrons. The van der Waals surface area contributed by atoms with Gasteiger partial charge in [-0.15, -0.1) is 0 Å². The molecule has 0 aromatic carbocycles. The van der Waals surface area contributed by atoms with Gasteiger partial charge in [-0.25, -0.2) is 4.79 Å². The number of amides is 1. The number of hydrogen-bond donors (Lipinski definition) is 4. The summed E-state index contributed by atoms with van der Waals surface area (Å²) in [5, 5.41) is 8.71. The van der Waals surface area contributed by atoms with E-state index in [0.29, 0.717) is 0 Å². The van der Waals surface area contributed by atoms with Crippen molar-refractivity contribution in [1.82, 2.24) is 9.97 Å². The van der Waals surface area contributed by atoms with Crippen LogP contribution in [0.2, 0.25) is 0 Å². The van der Waals surface area contributed by atoms with Crippen LogP contribution >= 0.6 is 0 Å². The lowest BCUT2D eigenvalue weighted by Crippen LogP contribution is -2.13. The zero-order chi connectivity index (χ0) is 7.72. The Labute approximate surface area is 54.7 Å². The minimum atomic E-state index is -0.879. The van der Waals surface area contributed by atoms with E-state index in [1.807, 2.05) is 9.97 Å². The molecule has 0 aliphatic carbocycles. The Morgan fingerprint density at radius 1 is 1.50 bits per heavy atom.